The van der Waals surface area contributed by atoms with Crippen molar-refractivity contribution < 1.29 is 0 Å². The molecule has 4 rings (SSSR count). The molecule has 1 aliphatic rings. The van der Waals surface area contributed by atoms with Crippen molar-refractivity contribution in [1.82, 2.24) is 24.6 Å². The van der Waals surface area contributed by atoms with Gasteiger partial charge in [-0.15, -0.1) is 0 Å². The van der Waals surface area contributed by atoms with E-state index in [2.05, 4.69) is 33.0 Å². The lowest BCUT2D eigenvalue weighted by atomic mass is 10.2. The number of nitrogens with zero attached hydrogens (tertiary/aromatic N) is 5. The van der Waals surface area contributed by atoms with E-state index in [9.17, 15) is 0 Å². The summed E-state index contributed by atoms with van der Waals surface area (Å²) in [4.78, 5) is 9.44. The molecule has 6 heteroatoms. The first kappa shape index (κ1) is 17.5. The Kier molecular flexibility index (Phi) is 5.20. The molecule has 1 fully saturated rings. The molecule has 1 saturated heterocycles. The van der Waals surface area contributed by atoms with Gasteiger partial charge in [0.1, 0.15) is 0 Å². The Hall–Kier alpha value is -1.95. The van der Waals surface area contributed by atoms with Crippen LogP contribution in [0.2, 0.25) is 5.02 Å². The van der Waals surface area contributed by atoms with Crippen LogP contribution in [0.1, 0.15) is 17.8 Å². The maximum absolute atomic E-state index is 6.45. The first-order valence-corrected chi connectivity index (χ1v) is 9.53. The molecule has 1 aromatic carbocycles. The van der Waals surface area contributed by atoms with Crippen molar-refractivity contribution in [2.75, 3.05) is 26.2 Å². The molecule has 26 heavy (non-hydrogen) atoms. The molecule has 2 aromatic heterocycles. The number of hydrogen-bond acceptors (Lipinski definition) is 4. The van der Waals surface area contributed by atoms with Gasteiger partial charge in [0, 0.05) is 44.8 Å². The van der Waals surface area contributed by atoms with Crippen molar-refractivity contribution in [2.45, 2.75) is 19.5 Å². The quantitative estimate of drug-likeness (QED) is 0.707. The molecule has 136 valence electrons. The van der Waals surface area contributed by atoms with Crippen molar-refractivity contribution >= 4 is 22.5 Å². The van der Waals surface area contributed by atoms with Gasteiger partial charge in [0.15, 0.2) is 0 Å². The van der Waals surface area contributed by atoms with E-state index in [1.54, 1.807) is 0 Å². The summed E-state index contributed by atoms with van der Waals surface area (Å²) in [7, 11) is 1.99. The SMILES string of the molecule is Cn1nc(CN2CCCN(Cc3ccccn3)CC2)c2c(Cl)cccc21. The summed E-state index contributed by atoms with van der Waals surface area (Å²) in [6.07, 6.45) is 3.03. The fourth-order valence-electron chi connectivity index (χ4n) is 3.74. The van der Waals surface area contributed by atoms with Gasteiger partial charge in [-0.3, -0.25) is 19.5 Å². The highest BCUT2D eigenvalue weighted by Gasteiger charge is 2.19. The molecular formula is C20H24ClN5. The zero-order valence-corrected chi connectivity index (χ0v) is 15.9. The summed E-state index contributed by atoms with van der Waals surface area (Å²) in [5.74, 6) is 0. The second-order valence-corrected chi connectivity index (χ2v) is 7.34. The van der Waals surface area contributed by atoms with Crippen molar-refractivity contribution in [3.05, 3.63) is 59.0 Å². The second-order valence-electron chi connectivity index (χ2n) is 6.93. The number of fused-ring (bicyclic) bond motifs is 1. The molecule has 0 bridgehead atoms. The molecule has 1 aliphatic heterocycles. The summed E-state index contributed by atoms with van der Waals surface area (Å²) >= 11 is 6.45. The Morgan fingerprint density at radius 1 is 0.962 bits per heavy atom. The maximum atomic E-state index is 6.45. The monoisotopic (exact) mass is 369 g/mol. The molecule has 3 heterocycles. The molecular weight excluding hydrogens is 346 g/mol. The third-order valence-corrected chi connectivity index (χ3v) is 5.38. The molecule has 0 saturated carbocycles. The van der Waals surface area contributed by atoms with Crippen LogP contribution in [0.3, 0.4) is 0 Å². The van der Waals surface area contributed by atoms with E-state index in [0.29, 0.717) is 0 Å². The van der Waals surface area contributed by atoms with E-state index in [-0.39, 0.29) is 0 Å². The molecule has 0 unspecified atom stereocenters. The molecule has 0 radical (unpaired) electrons. The van der Waals surface area contributed by atoms with Gasteiger partial charge in [0.2, 0.25) is 0 Å². The van der Waals surface area contributed by atoms with Crippen molar-refractivity contribution in [2.24, 2.45) is 7.05 Å². The van der Waals surface area contributed by atoms with Crippen LogP contribution in [0.4, 0.5) is 0 Å². The van der Waals surface area contributed by atoms with E-state index >= 15 is 0 Å². The third-order valence-electron chi connectivity index (χ3n) is 5.07. The molecule has 0 aliphatic carbocycles. The van der Waals surface area contributed by atoms with Crippen LogP contribution >= 0.6 is 11.6 Å². The predicted octanol–water partition coefficient (Wildman–Crippen LogP) is 3.33. The first-order valence-electron chi connectivity index (χ1n) is 9.15. The van der Waals surface area contributed by atoms with Crippen LogP contribution in [0.15, 0.2) is 42.6 Å². The van der Waals surface area contributed by atoms with Crippen LogP contribution < -0.4 is 0 Å². The number of halogens is 1. The van der Waals surface area contributed by atoms with Crippen molar-refractivity contribution in [3.63, 3.8) is 0 Å². The average Bonchev–Trinajstić information content (AvgIpc) is 2.82. The normalized spacial score (nSPS) is 16.8. The van der Waals surface area contributed by atoms with Crippen LogP contribution in [0, 0.1) is 0 Å². The van der Waals surface area contributed by atoms with Crippen LogP contribution in [-0.2, 0) is 20.1 Å². The average molecular weight is 370 g/mol. The Morgan fingerprint density at radius 2 is 1.77 bits per heavy atom. The maximum Gasteiger partial charge on any atom is 0.0858 e. The minimum Gasteiger partial charge on any atom is -0.296 e. The minimum atomic E-state index is 0.789. The molecule has 3 aromatic rings. The summed E-state index contributed by atoms with van der Waals surface area (Å²) in [6.45, 7) is 6.05. The topological polar surface area (TPSA) is 37.2 Å². The highest BCUT2D eigenvalue weighted by atomic mass is 35.5. The number of benzene rings is 1. The van der Waals surface area contributed by atoms with Gasteiger partial charge in [0.25, 0.3) is 0 Å². The van der Waals surface area contributed by atoms with E-state index < -0.39 is 0 Å². The summed E-state index contributed by atoms with van der Waals surface area (Å²) in [5, 5.41) is 6.61. The van der Waals surface area contributed by atoms with E-state index in [1.807, 2.05) is 36.1 Å². The Labute approximate surface area is 159 Å². The van der Waals surface area contributed by atoms with Gasteiger partial charge in [-0.2, -0.15) is 5.10 Å². The number of hydrogen-bond donors (Lipinski definition) is 0. The van der Waals surface area contributed by atoms with Gasteiger partial charge in [-0.25, -0.2) is 0 Å². The predicted molar refractivity (Wildman–Crippen MR) is 105 cm³/mol. The van der Waals surface area contributed by atoms with E-state index in [4.69, 9.17) is 16.7 Å². The smallest absolute Gasteiger partial charge is 0.0858 e. The van der Waals surface area contributed by atoms with Gasteiger partial charge in [-0.05, 0) is 43.8 Å². The molecule has 0 N–H and O–H groups in total. The van der Waals surface area contributed by atoms with E-state index in [1.165, 1.54) is 0 Å². The standard InChI is InChI=1S/C20H24ClN5/c1-24-19-8-4-7-17(21)20(19)18(23-24)15-26-11-5-10-25(12-13-26)14-16-6-2-3-9-22-16/h2-4,6-9H,5,10-15H2,1H3. The molecule has 0 amide bonds. The molecule has 5 nitrogen and oxygen atoms in total. The Bertz CT molecular complexity index is 877. The summed E-state index contributed by atoms with van der Waals surface area (Å²) in [6, 6.07) is 12.1. The lowest BCUT2D eigenvalue weighted by Crippen LogP contribution is -2.30. The minimum absolute atomic E-state index is 0.789. The zero-order chi connectivity index (χ0) is 17.9. The highest BCUT2D eigenvalue weighted by Crippen LogP contribution is 2.27. The Morgan fingerprint density at radius 3 is 2.54 bits per heavy atom. The van der Waals surface area contributed by atoms with Crippen LogP contribution in [0.25, 0.3) is 10.9 Å². The van der Waals surface area contributed by atoms with Crippen LogP contribution in [-0.4, -0.2) is 50.7 Å². The van der Waals surface area contributed by atoms with Gasteiger partial charge in [-0.1, -0.05) is 23.7 Å². The lowest BCUT2D eigenvalue weighted by molar-refractivity contribution is 0.244. The van der Waals surface area contributed by atoms with Crippen molar-refractivity contribution in [1.29, 1.82) is 0 Å². The largest absolute Gasteiger partial charge is 0.296 e. The second kappa shape index (κ2) is 7.74. The summed E-state index contributed by atoms with van der Waals surface area (Å²) in [5.41, 5.74) is 3.31. The molecule has 0 spiro atoms. The first-order chi connectivity index (χ1) is 12.7. The van der Waals surface area contributed by atoms with Gasteiger partial charge < -0.3 is 0 Å². The van der Waals surface area contributed by atoms with Gasteiger partial charge >= 0.3 is 0 Å². The molecule has 0 atom stereocenters. The highest BCUT2D eigenvalue weighted by molar-refractivity contribution is 6.35. The Balaban J connectivity index is 1.44. The third kappa shape index (κ3) is 3.75. The number of pyridine rings is 1. The number of aryl methyl sites for hydroxylation is 1. The fourth-order valence-corrected chi connectivity index (χ4v) is 4.02. The van der Waals surface area contributed by atoms with Gasteiger partial charge in [0.05, 0.1) is 21.9 Å². The number of aromatic nitrogens is 3. The van der Waals surface area contributed by atoms with Crippen LogP contribution in [0.5, 0.6) is 0 Å². The lowest BCUT2D eigenvalue weighted by Gasteiger charge is -2.21. The zero-order valence-electron chi connectivity index (χ0n) is 15.1. The van der Waals surface area contributed by atoms with Crippen molar-refractivity contribution in [3.8, 4) is 0 Å². The number of rotatable bonds is 4. The van der Waals surface area contributed by atoms with E-state index in [0.717, 1.165) is 73.0 Å². The summed E-state index contributed by atoms with van der Waals surface area (Å²) < 4.78 is 1.93. The fraction of sp³-hybridized carbons (Fsp3) is 0.400.